The molecule has 106 valence electrons. The summed E-state index contributed by atoms with van der Waals surface area (Å²) < 4.78 is 12.5. The lowest BCUT2D eigenvalue weighted by Crippen LogP contribution is -2.39. The van der Waals surface area contributed by atoms with Gasteiger partial charge in [-0.3, -0.25) is 0 Å². The van der Waals surface area contributed by atoms with E-state index in [0.29, 0.717) is 18.2 Å². The maximum atomic E-state index is 5.98. The average Bonchev–Trinajstić information content (AvgIpc) is 2.82. The third-order valence-corrected chi connectivity index (χ3v) is 4.26. The molecule has 1 aliphatic heterocycles. The molecule has 0 saturated carbocycles. The van der Waals surface area contributed by atoms with Gasteiger partial charge in [-0.25, -0.2) is 0 Å². The minimum absolute atomic E-state index is 0.295. The van der Waals surface area contributed by atoms with E-state index in [0.717, 1.165) is 29.5 Å². The number of halogens is 1. The van der Waals surface area contributed by atoms with Crippen LogP contribution in [0.2, 0.25) is 0 Å². The Bertz CT molecular complexity index is 425. The molecule has 1 aromatic carbocycles. The molecule has 3 nitrogen and oxygen atoms in total. The van der Waals surface area contributed by atoms with E-state index >= 15 is 0 Å². The van der Waals surface area contributed by atoms with Gasteiger partial charge in [-0.05, 0) is 57.0 Å². The highest BCUT2D eigenvalue weighted by Gasteiger charge is 2.29. The van der Waals surface area contributed by atoms with Crippen LogP contribution in [-0.4, -0.2) is 32.4 Å². The SMILES string of the molecule is CNC(Cc1cc(Br)ccc1OC)C1CCC(C)O1. The molecule has 1 aromatic rings. The highest BCUT2D eigenvalue weighted by atomic mass is 79.9. The van der Waals surface area contributed by atoms with E-state index in [4.69, 9.17) is 9.47 Å². The molecular weight excluding hydrogens is 306 g/mol. The third kappa shape index (κ3) is 3.71. The van der Waals surface area contributed by atoms with Crippen molar-refractivity contribution in [2.45, 2.75) is 44.4 Å². The molecular formula is C15H22BrNO2. The lowest BCUT2D eigenvalue weighted by atomic mass is 9.99. The van der Waals surface area contributed by atoms with Gasteiger partial charge in [0.15, 0.2) is 0 Å². The van der Waals surface area contributed by atoms with Crippen LogP contribution >= 0.6 is 15.9 Å². The first-order valence-corrected chi connectivity index (χ1v) is 7.58. The van der Waals surface area contributed by atoms with Crippen molar-refractivity contribution >= 4 is 15.9 Å². The Morgan fingerprint density at radius 2 is 2.26 bits per heavy atom. The van der Waals surface area contributed by atoms with E-state index in [2.05, 4.69) is 34.2 Å². The highest BCUT2D eigenvalue weighted by Crippen LogP contribution is 2.28. The Kier molecular flexibility index (Phi) is 5.25. The molecule has 0 aromatic heterocycles. The van der Waals surface area contributed by atoms with Crippen LogP contribution in [0.25, 0.3) is 0 Å². The van der Waals surface area contributed by atoms with Crippen LogP contribution in [0.15, 0.2) is 22.7 Å². The number of hydrogen-bond acceptors (Lipinski definition) is 3. The van der Waals surface area contributed by atoms with Crippen LogP contribution < -0.4 is 10.1 Å². The fraction of sp³-hybridized carbons (Fsp3) is 0.600. The van der Waals surface area contributed by atoms with Crippen molar-refractivity contribution in [3.05, 3.63) is 28.2 Å². The number of methoxy groups -OCH3 is 1. The van der Waals surface area contributed by atoms with Crippen LogP contribution in [0, 0.1) is 0 Å². The Hall–Kier alpha value is -0.580. The summed E-state index contributed by atoms with van der Waals surface area (Å²) in [4.78, 5) is 0. The van der Waals surface area contributed by atoms with Crippen molar-refractivity contribution in [3.8, 4) is 5.75 Å². The van der Waals surface area contributed by atoms with Gasteiger partial charge in [0.1, 0.15) is 5.75 Å². The minimum atomic E-state index is 0.295. The van der Waals surface area contributed by atoms with Crippen molar-refractivity contribution < 1.29 is 9.47 Å². The van der Waals surface area contributed by atoms with Crippen molar-refractivity contribution in [2.75, 3.05) is 14.2 Å². The van der Waals surface area contributed by atoms with Crippen LogP contribution in [0.5, 0.6) is 5.75 Å². The molecule has 1 heterocycles. The van der Waals surface area contributed by atoms with Crippen LogP contribution in [0.3, 0.4) is 0 Å². The molecule has 1 N–H and O–H groups in total. The zero-order valence-corrected chi connectivity index (χ0v) is 13.4. The van der Waals surface area contributed by atoms with E-state index in [-0.39, 0.29) is 0 Å². The molecule has 0 radical (unpaired) electrons. The summed E-state index contributed by atoms with van der Waals surface area (Å²) in [5.74, 6) is 0.939. The predicted octanol–water partition coefficient (Wildman–Crippen LogP) is 3.16. The molecule has 1 fully saturated rings. The van der Waals surface area contributed by atoms with Crippen molar-refractivity contribution in [2.24, 2.45) is 0 Å². The average molecular weight is 328 g/mol. The largest absolute Gasteiger partial charge is 0.496 e. The number of rotatable bonds is 5. The number of likely N-dealkylation sites (N-methyl/N-ethyl adjacent to an activating group) is 1. The fourth-order valence-electron chi connectivity index (χ4n) is 2.69. The molecule has 4 heteroatoms. The second-order valence-corrected chi connectivity index (χ2v) is 6.03. The molecule has 0 aliphatic carbocycles. The second kappa shape index (κ2) is 6.73. The Balaban J connectivity index is 2.11. The van der Waals surface area contributed by atoms with Gasteiger partial charge in [-0.2, -0.15) is 0 Å². The van der Waals surface area contributed by atoms with Gasteiger partial charge >= 0.3 is 0 Å². The molecule has 1 saturated heterocycles. The summed E-state index contributed by atoms with van der Waals surface area (Å²) >= 11 is 3.52. The second-order valence-electron chi connectivity index (χ2n) is 5.12. The van der Waals surface area contributed by atoms with Gasteiger partial charge in [-0.15, -0.1) is 0 Å². The normalized spacial score (nSPS) is 24.4. The summed E-state index contributed by atoms with van der Waals surface area (Å²) in [5.41, 5.74) is 1.21. The van der Waals surface area contributed by atoms with Crippen molar-refractivity contribution in [1.82, 2.24) is 5.32 Å². The number of benzene rings is 1. The first-order chi connectivity index (χ1) is 9.13. The highest BCUT2D eigenvalue weighted by molar-refractivity contribution is 9.10. The van der Waals surface area contributed by atoms with E-state index in [1.165, 1.54) is 5.56 Å². The molecule has 1 aliphatic rings. The Morgan fingerprint density at radius 1 is 1.47 bits per heavy atom. The topological polar surface area (TPSA) is 30.5 Å². The fourth-order valence-corrected chi connectivity index (χ4v) is 3.10. The van der Waals surface area contributed by atoms with Crippen molar-refractivity contribution in [1.29, 1.82) is 0 Å². The van der Waals surface area contributed by atoms with Crippen molar-refractivity contribution in [3.63, 3.8) is 0 Å². The molecule has 19 heavy (non-hydrogen) atoms. The van der Waals surface area contributed by atoms with Crippen LogP contribution in [-0.2, 0) is 11.2 Å². The van der Waals surface area contributed by atoms with Gasteiger partial charge < -0.3 is 14.8 Å². The van der Waals surface area contributed by atoms with E-state index in [9.17, 15) is 0 Å². The summed E-state index contributed by atoms with van der Waals surface area (Å²) in [5, 5.41) is 3.39. The van der Waals surface area contributed by atoms with Gasteiger partial charge in [0, 0.05) is 10.5 Å². The standard InChI is InChI=1S/C15H22BrNO2/c1-10-4-6-15(19-10)13(17-2)9-11-8-12(16)5-7-14(11)18-3/h5,7-8,10,13,15,17H,4,6,9H2,1-3H3. The van der Waals surface area contributed by atoms with Crippen LogP contribution in [0.4, 0.5) is 0 Å². The minimum Gasteiger partial charge on any atom is -0.496 e. The van der Waals surface area contributed by atoms with Gasteiger partial charge in [0.2, 0.25) is 0 Å². The monoisotopic (exact) mass is 327 g/mol. The summed E-state index contributed by atoms with van der Waals surface area (Å²) in [6.45, 7) is 2.15. The van der Waals surface area contributed by atoms with Gasteiger partial charge in [0.25, 0.3) is 0 Å². The van der Waals surface area contributed by atoms with Gasteiger partial charge in [0.05, 0.1) is 19.3 Å². The first kappa shape index (κ1) is 14.8. The van der Waals surface area contributed by atoms with E-state index in [1.54, 1.807) is 7.11 Å². The number of hydrogen-bond donors (Lipinski definition) is 1. The Labute approximate surface area is 123 Å². The van der Waals surface area contributed by atoms with Crippen LogP contribution in [0.1, 0.15) is 25.3 Å². The number of nitrogens with one attached hydrogen (secondary N) is 1. The third-order valence-electron chi connectivity index (χ3n) is 3.77. The van der Waals surface area contributed by atoms with E-state index < -0.39 is 0 Å². The van der Waals surface area contributed by atoms with E-state index in [1.807, 2.05) is 19.2 Å². The summed E-state index contributed by atoms with van der Waals surface area (Å²) in [6, 6.07) is 6.46. The molecule has 0 bridgehead atoms. The first-order valence-electron chi connectivity index (χ1n) is 6.79. The summed E-state index contributed by atoms with van der Waals surface area (Å²) in [6.07, 6.45) is 3.87. The lowest BCUT2D eigenvalue weighted by molar-refractivity contribution is 0.0336. The molecule has 3 atom stereocenters. The maximum Gasteiger partial charge on any atom is 0.122 e. The molecule has 0 spiro atoms. The lowest BCUT2D eigenvalue weighted by Gasteiger charge is -2.24. The number of ether oxygens (including phenoxy) is 2. The zero-order valence-electron chi connectivity index (χ0n) is 11.8. The zero-order chi connectivity index (χ0) is 13.8. The summed E-state index contributed by atoms with van der Waals surface area (Å²) in [7, 11) is 3.72. The predicted molar refractivity (Wildman–Crippen MR) is 80.8 cm³/mol. The smallest absolute Gasteiger partial charge is 0.122 e. The Morgan fingerprint density at radius 3 is 2.84 bits per heavy atom. The molecule has 3 unspecified atom stereocenters. The molecule has 2 rings (SSSR count). The molecule has 0 amide bonds. The van der Waals surface area contributed by atoms with Gasteiger partial charge in [-0.1, -0.05) is 15.9 Å². The maximum absolute atomic E-state index is 5.98. The quantitative estimate of drug-likeness (QED) is 0.901.